The van der Waals surface area contributed by atoms with Gasteiger partial charge in [0, 0.05) is 6.61 Å². The maximum absolute atomic E-state index is 11.1. The van der Waals surface area contributed by atoms with Crippen molar-refractivity contribution in [1.29, 1.82) is 0 Å². The highest BCUT2D eigenvalue weighted by atomic mass is 16.4. The van der Waals surface area contributed by atoms with Crippen LogP contribution in [0.25, 0.3) is 0 Å². The average molecular weight is 220 g/mol. The van der Waals surface area contributed by atoms with Crippen LogP contribution in [0.3, 0.4) is 0 Å². The molecule has 1 aliphatic rings. The molecule has 86 valence electrons. The quantitative estimate of drug-likeness (QED) is 0.812. The molecule has 0 bridgehead atoms. The molecule has 1 atom stereocenters. The van der Waals surface area contributed by atoms with E-state index >= 15 is 0 Å². The minimum atomic E-state index is -0.855. The van der Waals surface area contributed by atoms with E-state index in [0.717, 1.165) is 24.8 Å². The Morgan fingerprint density at radius 3 is 2.75 bits per heavy atom. The molecule has 0 fully saturated rings. The van der Waals surface area contributed by atoms with Crippen molar-refractivity contribution in [1.82, 2.24) is 0 Å². The van der Waals surface area contributed by atoms with Crippen LogP contribution in [0, 0.1) is 0 Å². The van der Waals surface area contributed by atoms with E-state index in [2.05, 4.69) is 0 Å². The number of hydrogen-bond acceptors (Lipinski definition) is 2. The van der Waals surface area contributed by atoms with Gasteiger partial charge in [0.05, 0.1) is 5.92 Å². The summed E-state index contributed by atoms with van der Waals surface area (Å²) in [6.07, 6.45) is 3.60. The van der Waals surface area contributed by atoms with Crippen LogP contribution in [0.2, 0.25) is 0 Å². The van der Waals surface area contributed by atoms with Crippen molar-refractivity contribution >= 4 is 5.97 Å². The molecule has 1 aromatic rings. The van der Waals surface area contributed by atoms with E-state index in [1.54, 1.807) is 0 Å². The summed E-state index contributed by atoms with van der Waals surface area (Å²) in [6.45, 7) is -0.0892. The fourth-order valence-electron chi connectivity index (χ4n) is 2.37. The lowest BCUT2D eigenvalue weighted by Crippen LogP contribution is -2.13. The van der Waals surface area contributed by atoms with Crippen LogP contribution >= 0.6 is 0 Å². The summed E-state index contributed by atoms with van der Waals surface area (Å²) < 4.78 is 0. The maximum atomic E-state index is 11.1. The minimum absolute atomic E-state index is 0.0892. The molecule has 0 radical (unpaired) electrons. The van der Waals surface area contributed by atoms with Crippen molar-refractivity contribution in [2.24, 2.45) is 0 Å². The van der Waals surface area contributed by atoms with Crippen LogP contribution in [0.4, 0.5) is 0 Å². The number of fused-ring (bicyclic) bond motifs is 1. The fourth-order valence-corrected chi connectivity index (χ4v) is 2.37. The number of carboxylic acid groups (broad SMARTS) is 1. The molecule has 16 heavy (non-hydrogen) atoms. The van der Waals surface area contributed by atoms with Gasteiger partial charge in [-0.2, -0.15) is 0 Å². The number of carboxylic acids is 1. The second kappa shape index (κ2) is 4.66. The average Bonchev–Trinajstić information content (AvgIpc) is 2.72. The molecule has 3 heteroatoms. The summed E-state index contributed by atoms with van der Waals surface area (Å²) in [7, 11) is 0. The monoisotopic (exact) mass is 220 g/mol. The molecule has 2 rings (SSSR count). The minimum Gasteiger partial charge on any atom is -0.481 e. The number of aliphatic carboxylic acids is 1. The molecule has 0 saturated heterocycles. The predicted molar refractivity (Wildman–Crippen MR) is 60.5 cm³/mol. The number of aryl methyl sites for hydroxylation is 2. The number of rotatable bonds is 4. The second-order valence-electron chi connectivity index (χ2n) is 4.28. The topological polar surface area (TPSA) is 57.5 Å². The van der Waals surface area contributed by atoms with Crippen molar-refractivity contribution in [3.63, 3.8) is 0 Å². The summed E-state index contributed by atoms with van der Waals surface area (Å²) in [5.41, 5.74) is 3.45. The van der Waals surface area contributed by atoms with Gasteiger partial charge in [0.15, 0.2) is 0 Å². The van der Waals surface area contributed by atoms with Gasteiger partial charge < -0.3 is 10.2 Å². The van der Waals surface area contributed by atoms with E-state index in [0.29, 0.717) is 0 Å². The van der Waals surface area contributed by atoms with Crippen molar-refractivity contribution in [2.45, 2.75) is 31.6 Å². The first-order valence-corrected chi connectivity index (χ1v) is 5.67. The molecule has 0 spiro atoms. The highest BCUT2D eigenvalue weighted by Crippen LogP contribution is 2.27. The van der Waals surface area contributed by atoms with Crippen LogP contribution in [0.5, 0.6) is 0 Å². The molecule has 0 aliphatic heterocycles. The molecular weight excluding hydrogens is 204 g/mol. The second-order valence-corrected chi connectivity index (χ2v) is 4.28. The Bertz CT molecular complexity index is 398. The van der Waals surface area contributed by atoms with Crippen LogP contribution in [0.15, 0.2) is 18.2 Å². The van der Waals surface area contributed by atoms with Gasteiger partial charge in [-0.15, -0.1) is 0 Å². The number of aliphatic hydroxyl groups excluding tert-OH is 1. The Morgan fingerprint density at radius 2 is 2.06 bits per heavy atom. The Kier molecular flexibility index (Phi) is 3.25. The highest BCUT2D eigenvalue weighted by Gasteiger charge is 2.21. The first kappa shape index (κ1) is 11.1. The third-order valence-corrected chi connectivity index (χ3v) is 3.24. The maximum Gasteiger partial charge on any atom is 0.311 e. The third-order valence-electron chi connectivity index (χ3n) is 3.24. The first-order valence-electron chi connectivity index (χ1n) is 5.67. The van der Waals surface area contributed by atoms with Gasteiger partial charge in [-0.05, 0) is 42.4 Å². The fraction of sp³-hybridized carbons (Fsp3) is 0.462. The van der Waals surface area contributed by atoms with Gasteiger partial charge in [-0.25, -0.2) is 0 Å². The molecular formula is C13H16O3. The number of benzene rings is 1. The van der Waals surface area contributed by atoms with Crippen LogP contribution in [-0.2, 0) is 17.6 Å². The van der Waals surface area contributed by atoms with Gasteiger partial charge in [-0.3, -0.25) is 4.79 Å². The van der Waals surface area contributed by atoms with E-state index < -0.39 is 11.9 Å². The summed E-state index contributed by atoms with van der Waals surface area (Å²) in [5, 5.41) is 18.0. The summed E-state index contributed by atoms with van der Waals surface area (Å²) in [6, 6.07) is 5.92. The summed E-state index contributed by atoms with van der Waals surface area (Å²) in [4.78, 5) is 11.1. The SMILES string of the molecule is O=C(O)C(CCO)c1ccc2c(c1)CCC2. The number of carbonyl (C=O) groups is 1. The van der Waals surface area contributed by atoms with Crippen LogP contribution < -0.4 is 0 Å². The Morgan fingerprint density at radius 1 is 1.31 bits per heavy atom. The van der Waals surface area contributed by atoms with E-state index in [1.165, 1.54) is 11.1 Å². The lowest BCUT2D eigenvalue weighted by atomic mass is 9.93. The van der Waals surface area contributed by atoms with Gasteiger partial charge >= 0.3 is 5.97 Å². The smallest absolute Gasteiger partial charge is 0.311 e. The zero-order valence-corrected chi connectivity index (χ0v) is 9.15. The van der Waals surface area contributed by atoms with Gasteiger partial charge in [0.2, 0.25) is 0 Å². The zero-order chi connectivity index (χ0) is 11.5. The molecule has 1 unspecified atom stereocenters. The van der Waals surface area contributed by atoms with Crippen molar-refractivity contribution < 1.29 is 15.0 Å². The predicted octanol–water partition coefficient (Wildman–Crippen LogP) is 1.73. The van der Waals surface area contributed by atoms with Crippen molar-refractivity contribution in [3.8, 4) is 0 Å². The van der Waals surface area contributed by atoms with E-state index in [-0.39, 0.29) is 13.0 Å². The van der Waals surface area contributed by atoms with E-state index in [4.69, 9.17) is 10.2 Å². The van der Waals surface area contributed by atoms with Crippen molar-refractivity contribution in [2.75, 3.05) is 6.61 Å². The van der Waals surface area contributed by atoms with Gasteiger partial charge in [0.25, 0.3) is 0 Å². The standard InChI is InChI=1S/C13H16O3/c14-7-6-12(13(15)16)11-5-4-9-2-1-3-10(9)8-11/h4-5,8,12,14H,1-3,6-7H2,(H,15,16). The van der Waals surface area contributed by atoms with Gasteiger partial charge in [0.1, 0.15) is 0 Å². The largest absolute Gasteiger partial charge is 0.481 e. The highest BCUT2D eigenvalue weighted by molar-refractivity contribution is 5.76. The van der Waals surface area contributed by atoms with E-state index in [1.807, 2.05) is 18.2 Å². The summed E-state index contributed by atoms with van der Waals surface area (Å²) in [5.74, 6) is -1.43. The zero-order valence-electron chi connectivity index (χ0n) is 9.15. The number of aliphatic hydroxyl groups is 1. The molecule has 0 aromatic heterocycles. The Hall–Kier alpha value is -1.35. The molecule has 0 amide bonds. The molecule has 3 nitrogen and oxygen atoms in total. The Balaban J connectivity index is 2.28. The third kappa shape index (κ3) is 2.09. The molecule has 1 aromatic carbocycles. The lowest BCUT2D eigenvalue weighted by molar-refractivity contribution is -0.139. The molecule has 2 N–H and O–H groups in total. The summed E-state index contributed by atoms with van der Waals surface area (Å²) >= 11 is 0. The number of hydrogen-bond donors (Lipinski definition) is 2. The lowest BCUT2D eigenvalue weighted by Gasteiger charge is -2.12. The van der Waals surface area contributed by atoms with Gasteiger partial charge in [-0.1, -0.05) is 18.2 Å². The molecule has 1 aliphatic carbocycles. The molecule has 0 saturated carbocycles. The van der Waals surface area contributed by atoms with E-state index in [9.17, 15) is 4.79 Å². The van der Waals surface area contributed by atoms with Crippen LogP contribution in [-0.4, -0.2) is 22.8 Å². The normalized spacial score (nSPS) is 15.8. The Labute approximate surface area is 94.7 Å². The molecule has 0 heterocycles. The van der Waals surface area contributed by atoms with Crippen molar-refractivity contribution in [3.05, 3.63) is 34.9 Å². The van der Waals surface area contributed by atoms with Crippen LogP contribution in [0.1, 0.15) is 35.4 Å². The first-order chi connectivity index (χ1) is 7.72.